The van der Waals surface area contributed by atoms with Gasteiger partial charge in [-0.2, -0.15) is 0 Å². The van der Waals surface area contributed by atoms with Gasteiger partial charge in [-0.25, -0.2) is 13.8 Å². The van der Waals surface area contributed by atoms with Crippen LogP contribution in [-0.2, 0) is 19.3 Å². The van der Waals surface area contributed by atoms with Gasteiger partial charge < -0.3 is 5.73 Å². The number of rotatable bonds is 3. The molecular weight excluding hydrogens is 258 g/mol. The Balaban J connectivity index is 2.28. The van der Waals surface area contributed by atoms with Crippen molar-refractivity contribution in [1.82, 2.24) is 4.98 Å². The number of hydrogen-bond acceptors (Lipinski definition) is 2. The molecule has 18 heavy (non-hydrogen) atoms. The summed E-state index contributed by atoms with van der Waals surface area (Å²) in [6, 6.07) is 1.90. The van der Waals surface area contributed by atoms with E-state index < -0.39 is 12.0 Å². The Morgan fingerprint density at radius 3 is 2.78 bits per heavy atom. The van der Waals surface area contributed by atoms with Gasteiger partial charge in [0.1, 0.15) is 5.15 Å². The van der Waals surface area contributed by atoms with Gasteiger partial charge in [0, 0.05) is 5.69 Å². The van der Waals surface area contributed by atoms with Crippen molar-refractivity contribution in [2.45, 2.75) is 51.0 Å². The third-order valence-corrected chi connectivity index (χ3v) is 3.72. The van der Waals surface area contributed by atoms with E-state index in [4.69, 9.17) is 17.3 Å². The minimum absolute atomic E-state index is 0.0454. The van der Waals surface area contributed by atoms with E-state index in [1.165, 1.54) is 6.92 Å². The molecule has 5 heteroatoms. The van der Waals surface area contributed by atoms with Crippen LogP contribution >= 0.6 is 11.6 Å². The Morgan fingerprint density at radius 1 is 1.44 bits per heavy atom. The number of hydrogen-bond donors (Lipinski definition) is 1. The van der Waals surface area contributed by atoms with Gasteiger partial charge in [0.05, 0.1) is 5.54 Å². The van der Waals surface area contributed by atoms with Crippen molar-refractivity contribution in [1.29, 1.82) is 0 Å². The molecule has 0 radical (unpaired) electrons. The number of nitrogens with two attached hydrogens (primary N) is 1. The number of aryl methyl sites for hydroxylation is 2. The lowest BCUT2D eigenvalue weighted by atomic mass is 9.91. The molecule has 0 bridgehead atoms. The minimum atomic E-state index is -2.58. The molecule has 2 rings (SSSR count). The predicted molar refractivity (Wildman–Crippen MR) is 68.2 cm³/mol. The monoisotopic (exact) mass is 274 g/mol. The average molecular weight is 275 g/mol. The van der Waals surface area contributed by atoms with Crippen LogP contribution in [0, 0.1) is 0 Å². The van der Waals surface area contributed by atoms with Gasteiger partial charge in [-0.1, -0.05) is 17.7 Å². The van der Waals surface area contributed by atoms with E-state index in [2.05, 4.69) is 4.98 Å². The number of nitrogens with zero attached hydrogens (tertiary/aromatic N) is 1. The van der Waals surface area contributed by atoms with E-state index >= 15 is 0 Å². The smallest absolute Gasteiger partial charge is 0.256 e. The van der Waals surface area contributed by atoms with Crippen molar-refractivity contribution in [3.63, 3.8) is 0 Å². The molecule has 100 valence electrons. The maximum absolute atomic E-state index is 12.8. The van der Waals surface area contributed by atoms with E-state index in [1.54, 1.807) is 0 Å². The van der Waals surface area contributed by atoms with Crippen LogP contribution in [-0.4, -0.2) is 16.9 Å². The highest BCUT2D eigenvalue weighted by Gasteiger charge is 2.31. The molecule has 0 aliphatic heterocycles. The van der Waals surface area contributed by atoms with Crippen molar-refractivity contribution in [3.05, 3.63) is 28.0 Å². The molecule has 1 aromatic heterocycles. The molecule has 1 heterocycles. The summed E-state index contributed by atoms with van der Waals surface area (Å²) < 4.78 is 25.6. The highest BCUT2D eigenvalue weighted by Crippen LogP contribution is 2.28. The first-order chi connectivity index (χ1) is 8.40. The lowest BCUT2D eigenvalue weighted by Crippen LogP contribution is -2.46. The molecule has 1 aliphatic carbocycles. The molecule has 0 saturated heterocycles. The number of halogens is 3. The van der Waals surface area contributed by atoms with Crippen LogP contribution in [0.4, 0.5) is 8.78 Å². The van der Waals surface area contributed by atoms with Crippen LogP contribution in [0.25, 0.3) is 0 Å². The summed E-state index contributed by atoms with van der Waals surface area (Å²) in [7, 11) is 0. The molecule has 1 aromatic rings. The number of aromatic nitrogens is 1. The van der Waals surface area contributed by atoms with Gasteiger partial charge in [0.25, 0.3) is 6.43 Å². The van der Waals surface area contributed by atoms with E-state index in [9.17, 15) is 8.78 Å². The van der Waals surface area contributed by atoms with Crippen molar-refractivity contribution in [2.75, 3.05) is 0 Å². The molecule has 0 amide bonds. The molecule has 2 nitrogen and oxygen atoms in total. The normalized spacial score (nSPS) is 18.6. The van der Waals surface area contributed by atoms with Crippen LogP contribution in [0.2, 0.25) is 5.15 Å². The number of pyridine rings is 1. The van der Waals surface area contributed by atoms with E-state index in [0.29, 0.717) is 10.7 Å². The number of fused-ring (bicyclic) bond motifs is 1. The lowest BCUT2D eigenvalue weighted by molar-refractivity contribution is 0.0639. The van der Waals surface area contributed by atoms with Crippen LogP contribution in [0.3, 0.4) is 0 Å². The van der Waals surface area contributed by atoms with Crippen molar-refractivity contribution in [3.8, 4) is 0 Å². The first-order valence-corrected chi connectivity index (χ1v) is 6.52. The fraction of sp³-hybridized carbons (Fsp3) is 0.615. The van der Waals surface area contributed by atoms with Crippen molar-refractivity contribution in [2.24, 2.45) is 5.73 Å². The fourth-order valence-electron chi connectivity index (χ4n) is 2.27. The van der Waals surface area contributed by atoms with Gasteiger partial charge in [0.15, 0.2) is 0 Å². The second-order valence-electron chi connectivity index (χ2n) is 5.23. The zero-order valence-electron chi connectivity index (χ0n) is 10.3. The standard InChI is InChI=1S/C13H17ClF2N2/c1-13(17,12(15)16)7-9-6-8-4-2-3-5-10(8)18-11(9)14/h6,12H,2-5,7,17H2,1H3. The summed E-state index contributed by atoms with van der Waals surface area (Å²) >= 11 is 6.06. The zero-order valence-corrected chi connectivity index (χ0v) is 11.1. The maximum Gasteiger partial charge on any atom is 0.256 e. The molecule has 1 aliphatic rings. The summed E-state index contributed by atoms with van der Waals surface area (Å²) in [5, 5.41) is 0.313. The highest BCUT2D eigenvalue weighted by molar-refractivity contribution is 6.30. The molecule has 0 aromatic carbocycles. The van der Waals surface area contributed by atoms with Gasteiger partial charge in [0.2, 0.25) is 0 Å². The predicted octanol–water partition coefficient (Wildman–Crippen LogP) is 3.14. The Labute approximate surface area is 111 Å². The minimum Gasteiger partial charge on any atom is -0.320 e. The van der Waals surface area contributed by atoms with Gasteiger partial charge >= 0.3 is 0 Å². The lowest BCUT2D eigenvalue weighted by Gasteiger charge is -2.25. The van der Waals surface area contributed by atoms with Gasteiger partial charge in [-0.3, -0.25) is 0 Å². The molecule has 0 fully saturated rings. The topological polar surface area (TPSA) is 38.9 Å². The summed E-state index contributed by atoms with van der Waals surface area (Å²) in [6.07, 6.45) is 1.56. The molecule has 1 unspecified atom stereocenters. The first kappa shape index (κ1) is 13.7. The molecule has 0 spiro atoms. The van der Waals surface area contributed by atoms with Crippen LogP contribution in [0.1, 0.15) is 36.6 Å². The SMILES string of the molecule is CC(N)(Cc1cc2c(nc1Cl)CCCC2)C(F)F. The third-order valence-electron chi connectivity index (χ3n) is 3.40. The van der Waals surface area contributed by atoms with Gasteiger partial charge in [-0.15, -0.1) is 0 Å². The van der Waals surface area contributed by atoms with Crippen LogP contribution in [0.15, 0.2) is 6.07 Å². The zero-order chi connectivity index (χ0) is 13.3. The van der Waals surface area contributed by atoms with E-state index in [0.717, 1.165) is 36.9 Å². The van der Waals surface area contributed by atoms with Crippen molar-refractivity contribution >= 4 is 11.6 Å². The second-order valence-corrected chi connectivity index (χ2v) is 5.59. The quantitative estimate of drug-likeness (QED) is 0.860. The first-order valence-electron chi connectivity index (χ1n) is 6.14. The largest absolute Gasteiger partial charge is 0.320 e. The Hall–Kier alpha value is -0.740. The van der Waals surface area contributed by atoms with E-state index in [1.807, 2.05) is 6.07 Å². The molecule has 2 N–H and O–H groups in total. The van der Waals surface area contributed by atoms with Crippen LogP contribution < -0.4 is 5.73 Å². The maximum atomic E-state index is 12.8. The Kier molecular flexibility index (Phi) is 3.87. The fourth-order valence-corrected chi connectivity index (χ4v) is 2.49. The average Bonchev–Trinajstić information content (AvgIpc) is 2.29. The number of alkyl halides is 2. The molecule has 1 atom stereocenters. The van der Waals surface area contributed by atoms with Crippen LogP contribution in [0.5, 0.6) is 0 Å². The molecular formula is C13H17ClF2N2. The second kappa shape index (κ2) is 5.10. The third kappa shape index (κ3) is 2.81. The highest BCUT2D eigenvalue weighted by atomic mass is 35.5. The summed E-state index contributed by atoms with van der Waals surface area (Å²) in [4.78, 5) is 4.32. The summed E-state index contributed by atoms with van der Waals surface area (Å²) in [5.74, 6) is 0. The van der Waals surface area contributed by atoms with E-state index in [-0.39, 0.29) is 6.42 Å². The van der Waals surface area contributed by atoms with Crippen molar-refractivity contribution < 1.29 is 8.78 Å². The summed E-state index contributed by atoms with van der Waals surface area (Å²) in [5.41, 5.74) is 6.80. The Morgan fingerprint density at radius 2 is 2.11 bits per heavy atom. The molecule has 0 saturated carbocycles. The summed E-state index contributed by atoms with van der Waals surface area (Å²) in [6.45, 7) is 1.34. The Bertz CT molecular complexity index is 447. The van der Waals surface area contributed by atoms with Gasteiger partial charge in [-0.05, 0) is 50.2 Å².